The summed E-state index contributed by atoms with van der Waals surface area (Å²) >= 11 is 0. The van der Waals surface area contributed by atoms with E-state index in [-0.39, 0.29) is 24.8 Å². The summed E-state index contributed by atoms with van der Waals surface area (Å²) in [6, 6.07) is 8.52. The molecule has 0 radical (unpaired) electrons. The van der Waals surface area contributed by atoms with Crippen LogP contribution in [0, 0.1) is 5.82 Å². The van der Waals surface area contributed by atoms with Crippen molar-refractivity contribution in [3.05, 3.63) is 58.9 Å². The van der Waals surface area contributed by atoms with Crippen LogP contribution in [-0.4, -0.2) is 41.8 Å². The molecule has 2 aromatic rings. The largest absolute Gasteiger partial charge is 0.490 e. The molecule has 1 aliphatic rings. The van der Waals surface area contributed by atoms with Crippen molar-refractivity contribution in [3.63, 3.8) is 0 Å². The lowest BCUT2D eigenvalue weighted by Crippen LogP contribution is -2.46. The normalized spacial score (nSPS) is 15.2. The third-order valence-electron chi connectivity index (χ3n) is 5.15. The van der Waals surface area contributed by atoms with Crippen LogP contribution in [0.3, 0.4) is 0 Å². The summed E-state index contributed by atoms with van der Waals surface area (Å²) in [7, 11) is 0. The van der Waals surface area contributed by atoms with Crippen LogP contribution < -0.4 is 14.8 Å². The maximum absolute atomic E-state index is 13.1. The molecule has 0 aromatic heterocycles. The molecule has 31 heavy (non-hydrogen) atoms. The first-order valence-electron chi connectivity index (χ1n) is 10.4. The Bertz CT molecular complexity index is 932. The quantitative estimate of drug-likeness (QED) is 0.663. The minimum Gasteiger partial charge on any atom is -0.490 e. The van der Waals surface area contributed by atoms with Crippen LogP contribution in [0.25, 0.3) is 0 Å². The number of hydrogen-bond acceptors (Lipinski definition) is 4. The summed E-state index contributed by atoms with van der Waals surface area (Å²) in [6.45, 7) is 5.25. The first-order chi connectivity index (χ1) is 14.9. The first-order valence-corrected chi connectivity index (χ1v) is 10.4. The Kier molecular flexibility index (Phi) is 7.33. The summed E-state index contributed by atoms with van der Waals surface area (Å²) < 4.78 is 24.5. The van der Waals surface area contributed by atoms with Crippen LogP contribution in [0.15, 0.2) is 36.4 Å². The van der Waals surface area contributed by atoms with Crippen molar-refractivity contribution < 1.29 is 28.6 Å². The number of nitrogens with one attached hydrogen (secondary N) is 1. The monoisotopic (exact) mass is 430 g/mol. The van der Waals surface area contributed by atoms with E-state index in [2.05, 4.69) is 5.32 Å². The molecule has 0 aliphatic carbocycles. The van der Waals surface area contributed by atoms with Crippen molar-refractivity contribution in [3.8, 4) is 11.5 Å². The Balaban J connectivity index is 1.85. The van der Waals surface area contributed by atoms with Gasteiger partial charge in [-0.15, -0.1) is 0 Å². The van der Waals surface area contributed by atoms with E-state index in [0.717, 1.165) is 16.7 Å². The average Bonchev–Trinajstić information content (AvgIpc) is 2.74. The van der Waals surface area contributed by atoms with Gasteiger partial charge in [-0.25, -0.2) is 9.18 Å². The molecule has 0 saturated carbocycles. The summed E-state index contributed by atoms with van der Waals surface area (Å²) in [4.78, 5) is 26.0. The van der Waals surface area contributed by atoms with E-state index in [4.69, 9.17) is 9.47 Å². The number of carboxylic acids is 1. The smallest absolute Gasteiger partial charge is 0.318 e. The molecule has 1 aliphatic heterocycles. The van der Waals surface area contributed by atoms with E-state index < -0.39 is 12.0 Å². The van der Waals surface area contributed by atoms with E-state index in [1.807, 2.05) is 19.9 Å². The van der Waals surface area contributed by atoms with Gasteiger partial charge in [-0.05, 0) is 61.2 Å². The highest BCUT2D eigenvalue weighted by Gasteiger charge is 2.33. The highest BCUT2D eigenvalue weighted by Crippen LogP contribution is 2.39. The van der Waals surface area contributed by atoms with Crippen molar-refractivity contribution >= 4 is 12.0 Å². The molecule has 166 valence electrons. The van der Waals surface area contributed by atoms with Gasteiger partial charge in [0.15, 0.2) is 11.5 Å². The third-order valence-corrected chi connectivity index (χ3v) is 5.15. The molecule has 0 bridgehead atoms. The Hall–Kier alpha value is -3.29. The van der Waals surface area contributed by atoms with Crippen LogP contribution in [0.5, 0.6) is 11.5 Å². The molecule has 2 amide bonds. The maximum Gasteiger partial charge on any atom is 0.318 e. The molecule has 7 nitrogen and oxygen atoms in total. The topological polar surface area (TPSA) is 88.1 Å². The van der Waals surface area contributed by atoms with Crippen LogP contribution >= 0.6 is 0 Å². The van der Waals surface area contributed by atoms with Gasteiger partial charge in [-0.3, -0.25) is 4.79 Å². The lowest BCUT2D eigenvalue weighted by atomic mass is 9.90. The average molecular weight is 430 g/mol. The van der Waals surface area contributed by atoms with Crippen molar-refractivity contribution in [1.29, 1.82) is 0 Å². The number of aliphatic carboxylic acids is 1. The fourth-order valence-corrected chi connectivity index (χ4v) is 3.76. The summed E-state index contributed by atoms with van der Waals surface area (Å²) in [5, 5.41) is 12.3. The number of carboxylic acid groups (broad SMARTS) is 1. The molecular formula is C23H27FN2O5. The van der Waals surface area contributed by atoms with E-state index in [1.54, 1.807) is 18.2 Å². The van der Waals surface area contributed by atoms with Crippen molar-refractivity contribution in [1.82, 2.24) is 10.2 Å². The minimum atomic E-state index is -0.999. The van der Waals surface area contributed by atoms with Gasteiger partial charge < -0.3 is 24.8 Å². The molecule has 1 atom stereocenters. The van der Waals surface area contributed by atoms with Gasteiger partial charge in [0.25, 0.3) is 0 Å². The van der Waals surface area contributed by atoms with Gasteiger partial charge >= 0.3 is 12.0 Å². The molecule has 1 heterocycles. The number of rotatable bonds is 8. The number of amides is 2. The number of hydrogen-bond donors (Lipinski definition) is 2. The zero-order valence-corrected chi connectivity index (χ0v) is 17.7. The van der Waals surface area contributed by atoms with E-state index in [0.29, 0.717) is 37.7 Å². The molecule has 1 unspecified atom stereocenters. The van der Waals surface area contributed by atoms with E-state index in [1.165, 1.54) is 17.0 Å². The lowest BCUT2D eigenvalue weighted by molar-refractivity contribution is -0.138. The Morgan fingerprint density at radius 2 is 1.77 bits per heavy atom. The molecule has 0 spiro atoms. The first kappa shape index (κ1) is 22.4. The number of carbonyl (C=O) groups is 2. The second-order valence-electron chi connectivity index (χ2n) is 7.21. The zero-order valence-electron chi connectivity index (χ0n) is 17.7. The SMILES string of the molecule is CCOc1cc2c(cc1OCC)C(CC(=O)O)N(C(=O)NCc1ccc(F)cc1)CC2. The van der Waals surface area contributed by atoms with Crippen LogP contribution in [0.2, 0.25) is 0 Å². The maximum atomic E-state index is 13.1. The summed E-state index contributed by atoms with van der Waals surface area (Å²) in [6.07, 6.45) is 0.346. The summed E-state index contributed by atoms with van der Waals surface area (Å²) in [5.74, 6) is -0.194. The predicted octanol–water partition coefficient (Wildman–Crippen LogP) is 3.91. The molecule has 3 rings (SSSR count). The predicted molar refractivity (Wildman–Crippen MR) is 113 cm³/mol. The fraction of sp³-hybridized carbons (Fsp3) is 0.391. The standard InChI is InChI=1S/C23H27FN2O5/c1-3-30-20-11-16-9-10-26(23(29)25-14-15-5-7-17(24)8-6-15)19(13-22(27)28)18(16)12-21(20)31-4-2/h5-8,11-12,19H,3-4,9-10,13-14H2,1-2H3,(H,25,29)(H,27,28). The second kappa shape index (κ2) is 10.1. The number of urea groups is 1. The van der Waals surface area contributed by atoms with Gasteiger partial charge in [-0.1, -0.05) is 12.1 Å². The van der Waals surface area contributed by atoms with Crippen LogP contribution in [0.1, 0.15) is 43.0 Å². The molecule has 0 fully saturated rings. The lowest BCUT2D eigenvalue weighted by Gasteiger charge is -2.37. The minimum absolute atomic E-state index is 0.218. The van der Waals surface area contributed by atoms with Crippen LogP contribution in [-0.2, 0) is 17.8 Å². The summed E-state index contributed by atoms with van der Waals surface area (Å²) in [5.41, 5.74) is 2.44. The number of ether oxygens (including phenoxy) is 2. The van der Waals surface area contributed by atoms with Gasteiger partial charge in [0, 0.05) is 13.1 Å². The highest BCUT2D eigenvalue weighted by molar-refractivity contribution is 5.77. The number of fused-ring (bicyclic) bond motifs is 1. The molecule has 2 aromatic carbocycles. The van der Waals surface area contributed by atoms with Gasteiger partial charge in [0.2, 0.25) is 0 Å². The van der Waals surface area contributed by atoms with Crippen molar-refractivity contribution in [2.45, 2.75) is 39.3 Å². The van der Waals surface area contributed by atoms with Crippen molar-refractivity contribution in [2.75, 3.05) is 19.8 Å². The number of carbonyl (C=O) groups excluding carboxylic acids is 1. The second-order valence-corrected chi connectivity index (χ2v) is 7.21. The van der Waals surface area contributed by atoms with Crippen LogP contribution in [0.4, 0.5) is 9.18 Å². The molecule has 0 saturated heterocycles. The fourth-order valence-electron chi connectivity index (χ4n) is 3.76. The van der Waals surface area contributed by atoms with Crippen molar-refractivity contribution in [2.24, 2.45) is 0 Å². The zero-order chi connectivity index (χ0) is 22.4. The Morgan fingerprint density at radius 3 is 2.39 bits per heavy atom. The molecular weight excluding hydrogens is 403 g/mol. The Labute approximate surface area is 180 Å². The number of benzene rings is 2. The van der Waals surface area contributed by atoms with Gasteiger partial charge in [-0.2, -0.15) is 0 Å². The molecule has 2 N–H and O–H groups in total. The third kappa shape index (κ3) is 5.45. The van der Waals surface area contributed by atoms with E-state index in [9.17, 15) is 19.1 Å². The van der Waals surface area contributed by atoms with E-state index >= 15 is 0 Å². The highest BCUT2D eigenvalue weighted by atomic mass is 19.1. The Morgan fingerprint density at radius 1 is 1.13 bits per heavy atom. The molecule has 8 heteroatoms. The van der Waals surface area contributed by atoms with Gasteiger partial charge in [0.05, 0.1) is 25.7 Å². The van der Waals surface area contributed by atoms with Gasteiger partial charge in [0.1, 0.15) is 5.82 Å². The number of halogens is 1. The number of nitrogens with zero attached hydrogens (tertiary/aromatic N) is 1.